The Hall–Kier alpha value is -5.29. The number of fused-ring (bicyclic) bond motifs is 4. The van der Waals surface area contributed by atoms with Crippen molar-refractivity contribution in [3.8, 4) is 44.8 Å². The number of aryl methyl sites for hydroxylation is 1. The van der Waals surface area contributed by atoms with Crippen LogP contribution in [0.15, 0.2) is 65.3 Å². The fraction of sp³-hybridized carbons (Fsp3) is 0.100. The number of nitrogens with zero attached hydrogens (tertiary/aromatic N) is 3. The van der Waals surface area contributed by atoms with E-state index < -0.39 is 11.9 Å². The summed E-state index contributed by atoms with van der Waals surface area (Å²) in [4.78, 5) is 39.4. The minimum Gasteiger partial charge on any atom is -0.485 e. The fourth-order valence-electron chi connectivity index (χ4n) is 4.99. The van der Waals surface area contributed by atoms with Crippen LogP contribution in [-0.2, 0) is 0 Å². The number of benzene rings is 1. The van der Waals surface area contributed by atoms with Crippen molar-refractivity contribution >= 4 is 45.1 Å². The number of carbonyl (C=O) groups is 2. The van der Waals surface area contributed by atoms with Gasteiger partial charge in [0.15, 0.2) is 11.5 Å². The molecule has 1 aromatic carbocycles. The molecule has 5 aromatic heterocycles. The topological polar surface area (TPSA) is 145 Å². The monoisotopic (exact) mass is 565 g/mol. The molecule has 2 N–H and O–H groups in total. The van der Waals surface area contributed by atoms with E-state index in [0.29, 0.717) is 63.7 Å². The molecular formula is C30H19N3O7S. The number of pyridine rings is 3. The Labute approximate surface area is 235 Å². The molecule has 0 unspecified atom stereocenters. The van der Waals surface area contributed by atoms with Gasteiger partial charge in [-0.1, -0.05) is 12.1 Å². The van der Waals surface area contributed by atoms with Crippen LogP contribution in [0.1, 0.15) is 25.6 Å². The first kappa shape index (κ1) is 24.7. The zero-order valence-corrected chi connectivity index (χ0v) is 22.2. The average Bonchev–Trinajstić information content (AvgIpc) is 3.61. The molecule has 10 nitrogen and oxygen atoms in total. The maximum Gasteiger partial charge on any atom is 0.336 e. The molecule has 1 aliphatic heterocycles. The lowest BCUT2D eigenvalue weighted by Crippen LogP contribution is -2.14. The normalized spacial score (nSPS) is 12.6. The quantitative estimate of drug-likeness (QED) is 0.228. The number of hydrogen-bond donors (Lipinski definition) is 2. The molecule has 0 spiro atoms. The molecule has 0 bridgehead atoms. The van der Waals surface area contributed by atoms with Crippen LogP contribution in [0.3, 0.4) is 0 Å². The molecule has 0 saturated heterocycles. The molecule has 0 saturated carbocycles. The van der Waals surface area contributed by atoms with E-state index in [-0.39, 0.29) is 16.6 Å². The molecule has 1 aliphatic rings. The van der Waals surface area contributed by atoms with Crippen molar-refractivity contribution in [1.29, 1.82) is 0 Å². The van der Waals surface area contributed by atoms with Crippen LogP contribution >= 0.6 is 11.3 Å². The highest BCUT2D eigenvalue weighted by Gasteiger charge is 2.25. The summed E-state index contributed by atoms with van der Waals surface area (Å²) in [5.74, 6) is 0.383. The third kappa shape index (κ3) is 4.05. The van der Waals surface area contributed by atoms with E-state index in [1.807, 2.05) is 19.1 Å². The highest BCUT2D eigenvalue weighted by Crippen LogP contribution is 2.49. The summed E-state index contributed by atoms with van der Waals surface area (Å²) in [5.41, 5.74) is 2.04. The minimum absolute atomic E-state index is 0.00183. The first-order valence-corrected chi connectivity index (χ1v) is 13.4. The second-order valence-corrected chi connectivity index (χ2v) is 10.5. The van der Waals surface area contributed by atoms with E-state index in [2.05, 4.69) is 9.97 Å². The minimum atomic E-state index is -1.15. The third-order valence-electron chi connectivity index (χ3n) is 6.85. The Balaban J connectivity index is 1.34. The van der Waals surface area contributed by atoms with Gasteiger partial charge in [-0.3, -0.25) is 9.97 Å². The number of hydrogen-bond acceptors (Lipinski definition) is 9. The lowest BCUT2D eigenvalue weighted by atomic mass is 10.0. The fourth-order valence-corrected chi connectivity index (χ4v) is 6.00. The number of aromatic carboxylic acids is 2. The molecule has 0 fully saturated rings. The molecule has 0 amide bonds. The van der Waals surface area contributed by atoms with Gasteiger partial charge in [0.25, 0.3) is 0 Å². The largest absolute Gasteiger partial charge is 0.485 e. The van der Waals surface area contributed by atoms with Crippen molar-refractivity contribution in [2.75, 3.05) is 13.2 Å². The van der Waals surface area contributed by atoms with Gasteiger partial charge in [-0.2, -0.15) is 0 Å². The van der Waals surface area contributed by atoms with Crippen LogP contribution in [0.4, 0.5) is 0 Å². The number of ether oxygens (including phenoxy) is 2. The molecule has 11 heteroatoms. The van der Waals surface area contributed by atoms with Crippen LogP contribution < -0.4 is 9.47 Å². The molecule has 41 heavy (non-hydrogen) atoms. The van der Waals surface area contributed by atoms with E-state index in [1.54, 1.807) is 30.5 Å². The van der Waals surface area contributed by atoms with Gasteiger partial charge in [-0.25, -0.2) is 14.6 Å². The predicted octanol–water partition coefficient (Wildman–Crippen LogP) is 6.31. The second kappa shape index (κ2) is 9.42. The van der Waals surface area contributed by atoms with Crippen molar-refractivity contribution in [2.45, 2.75) is 6.92 Å². The van der Waals surface area contributed by atoms with Gasteiger partial charge in [-0.05, 0) is 43.3 Å². The summed E-state index contributed by atoms with van der Waals surface area (Å²) >= 11 is 1.54. The van der Waals surface area contributed by atoms with Gasteiger partial charge >= 0.3 is 11.9 Å². The smallest absolute Gasteiger partial charge is 0.336 e. The Morgan fingerprint density at radius 2 is 1.49 bits per heavy atom. The van der Waals surface area contributed by atoms with Gasteiger partial charge in [-0.15, -0.1) is 11.3 Å². The number of rotatable bonds is 5. The second-order valence-electron chi connectivity index (χ2n) is 9.32. The zero-order chi connectivity index (χ0) is 28.2. The number of carboxylic acids is 2. The summed E-state index contributed by atoms with van der Waals surface area (Å²) < 4.78 is 17.8. The highest BCUT2D eigenvalue weighted by molar-refractivity contribution is 7.16. The molecule has 0 radical (unpaired) electrons. The average molecular weight is 566 g/mol. The van der Waals surface area contributed by atoms with E-state index in [4.69, 9.17) is 18.9 Å². The molecule has 6 heterocycles. The van der Waals surface area contributed by atoms with E-state index in [1.165, 1.54) is 29.7 Å². The molecule has 0 atom stereocenters. The summed E-state index contributed by atoms with van der Waals surface area (Å²) in [6, 6.07) is 13.2. The molecule has 0 aliphatic carbocycles. The van der Waals surface area contributed by atoms with Crippen molar-refractivity contribution in [2.24, 2.45) is 0 Å². The lowest BCUT2D eigenvalue weighted by molar-refractivity contribution is 0.0688. The SMILES string of the molecule is Cc1sc(-c2ccc(-c3ccnc(-c4cc(C(=O)O)c5ccc6c(C(=O)O)ccnc6c5n4)c3)o2)c2c1OCCO2. The van der Waals surface area contributed by atoms with Crippen LogP contribution in [0.2, 0.25) is 0 Å². The Kier molecular flexibility index (Phi) is 5.68. The summed E-state index contributed by atoms with van der Waals surface area (Å²) in [6.07, 6.45) is 2.97. The van der Waals surface area contributed by atoms with E-state index in [9.17, 15) is 19.8 Å². The molecule has 7 rings (SSSR count). The van der Waals surface area contributed by atoms with Crippen molar-refractivity contribution in [3.05, 3.63) is 76.9 Å². The zero-order valence-electron chi connectivity index (χ0n) is 21.4. The van der Waals surface area contributed by atoms with Crippen molar-refractivity contribution < 1.29 is 33.7 Å². The van der Waals surface area contributed by atoms with Crippen molar-refractivity contribution in [3.63, 3.8) is 0 Å². The maximum absolute atomic E-state index is 12.2. The molecule has 202 valence electrons. The van der Waals surface area contributed by atoms with Gasteiger partial charge in [0.1, 0.15) is 29.6 Å². The first-order valence-electron chi connectivity index (χ1n) is 12.5. The Bertz CT molecular complexity index is 2050. The van der Waals surface area contributed by atoms with Gasteiger partial charge in [0.05, 0.1) is 33.5 Å². The van der Waals surface area contributed by atoms with Crippen LogP contribution in [0.25, 0.3) is 55.2 Å². The van der Waals surface area contributed by atoms with Crippen LogP contribution in [0.5, 0.6) is 11.5 Å². The standard InChI is InChI=1S/C30H19N3O7S/c1-14-26-27(39-11-10-38-26)28(41-14)23-5-4-22(40-23)15-6-8-31-20(12-15)21-13-19(30(36)37)17-3-2-16-18(29(34)35)7-9-32-24(16)25(17)33-21/h2-9,12-13H,10-11H2,1H3,(H,34,35)(H,36,37). The highest BCUT2D eigenvalue weighted by atomic mass is 32.1. The number of thiophene rings is 1. The van der Waals surface area contributed by atoms with Crippen LogP contribution in [0, 0.1) is 6.92 Å². The predicted molar refractivity (Wildman–Crippen MR) is 151 cm³/mol. The number of carboxylic acid groups (broad SMARTS) is 2. The lowest BCUT2D eigenvalue weighted by Gasteiger charge is -2.16. The summed E-state index contributed by atoms with van der Waals surface area (Å²) in [5, 5.41) is 20.3. The maximum atomic E-state index is 12.2. The van der Waals surface area contributed by atoms with E-state index >= 15 is 0 Å². The van der Waals surface area contributed by atoms with Gasteiger partial charge in [0.2, 0.25) is 0 Å². The van der Waals surface area contributed by atoms with Gasteiger partial charge < -0.3 is 24.1 Å². The Morgan fingerprint density at radius 3 is 2.27 bits per heavy atom. The number of aromatic nitrogens is 3. The summed E-state index contributed by atoms with van der Waals surface area (Å²) in [7, 11) is 0. The van der Waals surface area contributed by atoms with Crippen molar-refractivity contribution in [1.82, 2.24) is 15.0 Å². The summed E-state index contributed by atoms with van der Waals surface area (Å²) in [6.45, 7) is 2.95. The first-order chi connectivity index (χ1) is 19.9. The van der Waals surface area contributed by atoms with Gasteiger partial charge in [0, 0.05) is 33.6 Å². The third-order valence-corrected chi connectivity index (χ3v) is 7.93. The number of furan rings is 1. The van der Waals surface area contributed by atoms with Crippen LogP contribution in [-0.4, -0.2) is 50.3 Å². The Morgan fingerprint density at radius 1 is 0.780 bits per heavy atom. The molecule has 6 aromatic rings. The molecular weight excluding hydrogens is 546 g/mol. The van der Waals surface area contributed by atoms with E-state index in [0.717, 1.165) is 15.5 Å².